The molecule has 0 aliphatic carbocycles. The van der Waals surface area contributed by atoms with Gasteiger partial charge in [-0.05, 0) is 17.7 Å². The summed E-state index contributed by atoms with van der Waals surface area (Å²) in [5.41, 5.74) is 7.53. The minimum atomic E-state index is -0.209. The van der Waals surface area contributed by atoms with Gasteiger partial charge < -0.3 is 5.73 Å². The second-order valence-electron chi connectivity index (χ2n) is 3.24. The Labute approximate surface area is 91.6 Å². The molecule has 4 heteroatoms. The lowest BCUT2D eigenvalue weighted by atomic mass is 10.1. The lowest BCUT2D eigenvalue weighted by Crippen LogP contribution is -1.96. The van der Waals surface area contributed by atoms with Gasteiger partial charge in [-0.15, -0.1) is 11.3 Å². The fraction of sp³-hybridized carbons (Fsp3) is 0.182. The number of halogens is 1. The van der Waals surface area contributed by atoms with Crippen molar-refractivity contribution in [1.29, 1.82) is 0 Å². The van der Waals surface area contributed by atoms with Crippen LogP contribution in [-0.2, 0) is 13.0 Å². The molecule has 1 heterocycles. The van der Waals surface area contributed by atoms with Crippen LogP contribution in [0, 0.1) is 5.82 Å². The van der Waals surface area contributed by atoms with Crippen LogP contribution >= 0.6 is 11.3 Å². The Hall–Kier alpha value is -1.26. The molecule has 1 aromatic carbocycles. The summed E-state index contributed by atoms with van der Waals surface area (Å²) >= 11 is 1.56. The highest BCUT2D eigenvalue weighted by atomic mass is 32.1. The van der Waals surface area contributed by atoms with Gasteiger partial charge in [0.2, 0.25) is 0 Å². The van der Waals surface area contributed by atoms with E-state index in [0.717, 1.165) is 22.7 Å². The summed E-state index contributed by atoms with van der Waals surface area (Å²) in [6.07, 6.45) is 0.733. The van der Waals surface area contributed by atoms with Gasteiger partial charge in [0.25, 0.3) is 0 Å². The molecular weight excluding hydrogens is 211 g/mol. The first-order valence-corrected chi connectivity index (χ1v) is 5.53. The van der Waals surface area contributed by atoms with Crippen LogP contribution in [-0.4, -0.2) is 4.98 Å². The molecule has 15 heavy (non-hydrogen) atoms. The monoisotopic (exact) mass is 222 g/mol. The molecule has 0 unspecified atom stereocenters. The maximum atomic E-state index is 12.7. The summed E-state index contributed by atoms with van der Waals surface area (Å²) in [5.74, 6) is -0.209. The van der Waals surface area contributed by atoms with E-state index in [2.05, 4.69) is 4.98 Å². The molecule has 0 radical (unpaired) electrons. The maximum absolute atomic E-state index is 12.7. The molecule has 2 rings (SSSR count). The first-order valence-electron chi connectivity index (χ1n) is 4.65. The number of nitrogens with zero attached hydrogens (tertiary/aromatic N) is 1. The largest absolute Gasteiger partial charge is 0.325 e. The third kappa shape index (κ3) is 2.61. The van der Waals surface area contributed by atoms with Gasteiger partial charge >= 0.3 is 0 Å². The van der Waals surface area contributed by atoms with Gasteiger partial charge in [-0.1, -0.05) is 12.1 Å². The van der Waals surface area contributed by atoms with E-state index in [0.29, 0.717) is 6.54 Å². The van der Waals surface area contributed by atoms with Gasteiger partial charge in [-0.25, -0.2) is 9.37 Å². The Balaban J connectivity index is 2.11. The van der Waals surface area contributed by atoms with E-state index in [9.17, 15) is 4.39 Å². The van der Waals surface area contributed by atoms with Crippen molar-refractivity contribution in [1.82, 2.24) is 4.98 Å². The predicted octanol–water partition coefficient (Wildman–Crippen LogP) is 2.33. The van der Waals surface area contributed by atoms with Crippen LogP contribution < -0.4 is 5.73 Å². The summed E-state index contributed by atoms with van der Waals surface area (Å²) in [6.45, 7) is 0.480. The summed E-state index contributed by atoms with van der Waals surface area (Å²) in [5, 5.41) is 2.93. The van der Waals surface area contributed by atoms with Gasteiger partial charge in [0.15, 0.2) is 0 Å². The molecule has 2 aromatic rings. The first kappa shape index (κ1) is 10.3. The van der Waals surface area contributed by atoms with E-state index < -0.39 is 0 Å². The standard InChI is InChI=1S/C11H11FN2S/c12-9-3-1-8(2-4-9)5-10-7-15-11(6-13)14-10/h1-4,7H,5-6,13H2. The smallest absolute Gasteiger partial charge is 0.123 e. The number of thiazole rings is 1. The molecule has 0 fully saturated rings. The highest BCUT2D eigenvalue weighted by Crippen LogP contribution is 2.13. The van der Waals surface area contributed by atoms with E-state index >= 15 is 0 Å². The van der Waals surface area contributed by atoms with Crippen LogP contribution in [0.4, 0.5) is 4.39 Å². The number of rotatable bonds is 3. The minimum Gasteiger partial charge on any atom is -0.325 e. The van der Waals surface area contributed by atoms with Crippen LogP contribution in [0.1, 0.15) is 16.3 Å². The molecule has 0 amide bonds. The van der Waals surface area contributed by atoms with Gasteiger partial charge in [0.05, 0.1) is 5.69 Å². The number of benzene rings is 1. The van der Waals surface area contributed by atoms with Crippen molar-refractivity contribution in [2.24, 2.45) is 5.73 Å². The fourth-order valence-electron chi connectivity index (χ4n) is 1.34. The highest BCUT2D eigenvalue weighted by Gasteiger charge is 2.01. The molecule has 0 atom stereocenters. The van der Waals surface area contributed by atoms with Crippen LogP contribution in [0.2, 0.25) is 0 Å². The summed E-state index contributed by atoms with van der Waals surface area (Å²) < 4.78 is 12.7. The molecule has 0 spiro atoms. The quantitative estimate of drug-likeness (QED) is 0.865. The molecule has 0 aliphatic rings. The second-order valence-corrected chi connectivity index (χ2v) is 4.18. The Morgan fingerprint density at radius 2 is 2.00 bits per heavy atom. The number of aromatic nitrogens is 1. The van der Waals surface area contributed by atoms with Crippen molar-refractivity contribution < 1.29 is 4.39 Å². The Morgan fingerprint density at radius 1 is 1.27 bits per heavy atom. The average Bonchev–Trinajstić information content (AvgIpc) is 2.69. The van der Waals surface area contributed by atoms with Gasteiger partial charge in [-0.2, -0.15) is 0 Å². The lowest BCUT2D eigenvalue weighted by molar-refractivity contribution is 0.627. The van der Waals surface area contributed by atoms with Crippen molar-refractivity contribution in [3.05, 3.63) is 51.7 Å². The zero-order chi connectivity index (χ0) is 10.7. The average molecular weight is 222 g/mol. The molecule has 0 bridgehead atoms. The number of hydrogen-bond donors (Lipinski definition) is 1. The second kappa shape index (κ2) is 4.51. The van der Waals surface area contributed by atoms with Crippen LogP contribution in [0.25, 0.3) is 0 Å². The summed E-state index contributed by atoms with van der Waals surface area (Å²) in [4.78, 5) is 4.35. The zero-order valence-corrected chi connectivity index (χ0v) is 8.93. The first-order chi connectivity index (χ1) is 7.28. The number of hydrogen-bond acceptors (Lipinski definition) is 3. The van der Waals surface area contributed by atoms with E-state index in [1.165, 1.54) is 12.1 Å². The van der Waals surface area contributed by atoms with Crippen molar-refractivity contribution in [2.75, 3.05) is 0 Å². The van der Waals surface area contributed by atoms with Crippen molar-refractivity contribution in [3.63, 3.8) is 0 Å². The topological polar surface area (TPSA) is 38.9 Å². The molecule has 1 aromatic heterocycles. The molecular formula is C11H11FN2S. The molecule has 2 N–H and O–H groups in total. The van der Waals surface area contributed by atoms with Crippen molar-refractivity contribution >= 4 is 11.3 Å². The zero-order valence-electron chi connectivity index (χ0n) is 8.11. The molecule has 0 aliphatic heterocycles. The maximum Gasteiger partial charge on any atom is 0.123 e. The SMILES string of the molecule is NCc1nc(Cc2ccc(F)cc2)cs1. The van der Waals surface area contributed by atoms with Crippen LogP contribution in [0.3, 0.4) is 0 Å². The molecule has 0 saturated heterocycles. The van der Waals surface area contributed by atoms with Crippen molar-refractivity contribution in [2.45, 2.75) is 13.0 Å². The normalized spacial score (nSPS) is 10.5. The van der Waals surface area contributed by atoms with Gasteiger partial charge in [0.1, 0.15) is 10.8 Å². The van der Waals surface area contributed by atoms with E-state index in [1.807, 2.05) is 5.38 Å². The molecule has 0 saturated carbocycles. The molecule has 78 valence electrons. The minimum absolute atomic E-state index is 0.209. The summed E-state index contributed by atoms with van der Waals surface area (Å²) in [7, 11) is 0. The van der Waals surface area contributed by atoms with Gasteiger partial charge in [0, 0.05) is 18.3 Å². The Bertz CT molecular complexity index is 436. The van der Waals surface area contributed by atoms with Crippen LogP contribution in [0.5, 0.6) is 0 Å². The Kier molecular flexibility index (Phi) is 3.08. The van der Waals surface area contributed by atoms with E-state index in [4.69, 9.17) is 5.73 Å². The predicted molar refractivity (Wildman–Crippen MR) is 59.2 cm³/mol. The Morgan fingerprint density at radius 3 is 2.60 bits per heavy atom. The van der Waals surface area contributed by atoms with Crippen LogP contribution in [0.15, 0.2) is 29.6 Å². The molecule has 2 nitrogen and oxygen atoms in total. The third-order valence-electron chi connectivity index (χ3n) is 2.07. The van der Waals surface area contributed by atoms with Crippen molar-refractivity contribution in [3.8, 4) is 0 Å². The van der Waals surface area contributed by atoms with Gasteiger partial charge in [-0.3, -0.25) is 0 Å². The van der Waals surface area contributed by atoms with E-state index in [-0.39, 0.29) is 5.82 Å². The lowest BCUT2D eigenvalue weighted by Gasteiger charge is -1.97. The highest BCUT2D eigenvalue weighted by molar-refractivity contribution is 7.09. The fourth-order valence-corrected chi connectivity index (χ4v) is 2.01. The van der Waals surface area contributed by atoms with E-state index in [1.54, 1.807) is 23.5 Å². The number of nitrogens with two attached hydrogens (primary N) is 1. The summed E-state index contributed by atoms with van der Waals surface area (Å²) in [6, 6.07) is 6.48. The third-order valence-corrected chi connectivity index (χ3v) is 2.99.